The molecule has 108 valence electrons. The number of halogens is 1. The highest BCUT2D eigenvalue weighted by Gasteiger charge is 2.14. The topological polar surface area (TPSA) is 58.2 Å². The Kier molecular flexibility index (Phi) is 6.29. The van der Waals surface area contributed by atoms with E-state index in [4.69, 9.17) is 0 Å². The second kappa shape index (κ2) is 7.26. The summed E-state index contributed by atoms with van der Waals surface area (Å²) in [5.74, 6) is 0.0761. The second-order valence-electron chi connectivity index (χ2n) is 4.61. The SMILES string of the molecule is CCCNCCS(=O)(=O)Nc1c(C)cc(C)cc1Br. The average Bonchev–Trinajstić information content (AvgIpc) is 2.29. The van der Waals surface area contributed by atoms with Crippen molar-refractivity contribution in [1.29, 1.82) is 0 Å². The molecule has 0 spiro atoms. The van der Waals surface area contributed by atoms with Gasteiger partial charge in [-0.25, -0.2) is 8.42 Å². The van der Waals surface area contributed by atoms with Crippen LogP contribution in [0.5, 0.6) is 0 Å². The lowest BCUT2D eigenvalue weighted by atomic mass is 10.1. The summed E-state index contributed by atoms with van der Waals surface area (Å²) < 4.78 is 27.4. The molecule has 0 bridgehead atoms. The van der Waals surface area contributed by atoms with Crippen molar-refractivity contribution in [3.05, 3.63) is 27.7 Å². The van der Waals surface area contributed by atoms with Gasteiger partial charge in [-0.15, -0.1) is 0 Å². The second-order valence-corrected chi connectivity index (χ2v) is 7.31. The van der Waals surface area contributed by atoms with Crippen LogP contribution >= 0.6 is 15.9 Å². The largest absolute Gasteiger partial charge is 0.316 e. The highest BCUT2D eigenvalue weighted by atomic mass is 79.9. The molecular formula is C13H21BrN2O2S. The standard InChI is InChI=1S/C13H21BrN2O2S/c1-4-5-15-6-7-19(17,18)16-13-11(3)8-10(2)9-12(13)14/h8-9,15-16H,4-7H2,1-3H3. The first kappa shape index (κ1) is 16.5. The van der Waals surface area contributed by atoms with Crippen molar-refractivity contribution in [3.8, 4) is 0 Å². The van der Waals surface area contributed by atoms with Gasteiger partial charge in [0, 0.05) is 11.0 Å². The molecule has 1 rings (SSSR count). The summed E-state index contributed by atoms with van der Waals surface area (Å²) in [6, 6.07) is 3.86. The summed E-state index contributed by atoms with van der Waals surface area (Å²) in [4.78, 5) is 0. The fourth-order valence-electron chi connectivity index (χ4n) is 1.76. The van der Waals surface area contributed by atoms with Crippen molar-refractivity contribution in [2.45, 2.75) is 27.2 Å². The highest BCUT2D eigenvalue weighted by molar-refractivity contribution is 9.10. The first-order valence-corrected chi connectivity index (χ1v) is 8.78. The highest BCUT2D eigenvalue weighted by Crippen LogP contribution is 2.28. The van der Waals surface area contributed by atoms with Gasteiger partial charge in [0.15, 0.2) is 0 Å². The van der Waals surface area contributed by atoms with E-state index < -0.39 is 10.0 Å². The number of aryl methyl sites for hydroxylation is 2. The molecule has 1 aromatic rings. The summed E-state index contributed by atoms with van der Waals surface area (Å²) in [7, 11) is -3.32. The maximum Gasteiger partial charge on any atom is 0.234 e. The molecule has 0 aliphatic carbocycles. The maximum atomic E-state index is 12.0. The van der Waals surface area contributed by atoms with E-state index in [0.717, 1.165) is 28.6 Å². The Morgan fingerprint density at radius 2 is 1.89 bits per heavy atom. The van der Waals surface area contributed by atoms with Crippen LogP contribution in [0.3, 0.4) is 0 Å². The van der Waals surface area contributed by atoms with Crippen LogP contribution < -0.4 is 10.0 Å². The monoisotopic (exact) mass is 348 g/mol. The van der Waals surface area contributed by atoms with Gasteiger partial charge < -0.3 is 5.32 Å². The lowest BCUT2D eigenvalue weighted by Gasteiger charge is -2.13. The molecule has 6 heteroatoms. The minimum Gasteiger partial charge on any atom is -0.316 e. The van der Waals surface area contributed by atoms with Gasteiger partial charge >= 0.3 is 0 Å². The number of hydrogen-bond donors (Lipinski definition) is 2. The lowest BCUT2D eigenvalue weighted by Crippen LogP contribution is -2.27. The molecule has 0 saturated carbocycles. The van der Waals surface area contributed by atoms with E-state index >= 15 is 0 Å². The Bertz CT molecular complexity index is 506. The zero-order chi connectivity index (χ0) is 14.5. The number of hydrogen-bond acceptors (Lipinski definition) is 3. The number of nitrogens with one attached hydrogen (secondary N) is 2. The molecule has 1 aromatic carbocycles. The molecule has 0 aromatic heterocycles. The molecule has 0 aliphatic rings. The van der Waals surface area contributed by atoms with Crippen molar-refractivity contribution >= 4 is 31.6 Å². The van der Waals surface area contributed by atoms with E-state index in [1.165, 1.54) is 0 Å². The summed E-state index contributed by atoms with van der Waals surface area (Å²) >= 11 is 3.40. The van der Waals surface area contributed by atoms with Crippen molar-refractivity contribution < 1.29 is 8.42 Å². The third-order valence-corrected chi connectivity index (χ3v) is 4.55. The average molecular weight is 349 g/mol. The van der Waals surface area contributed by atoms with Crippen LogP contribution in [0.2, 0.25) is 0 Å². The Hall–Kier alpha value is -0.590. The molecule has 2 N–H and O–H groups in total. The predicted molar refractivity (Wildman–Crippen MR) is 84.2 cm³/mol. The van der Waals surface area contributed by atoms with Gasteiger partial charge in [-0.1, -0.05) is 13.0 Å². The minimum absolute atomic E-state index is 0.0761. The summed E-state index contributed by atoms with van der Waals surface area (Å²) in [5, 5.41) is 3.08. The molecule has 0 saturated heterocycles. The first-order valence-electron chi connectivity index (χ1n) is 6.33. The summed E-state index contributed by atoms with van der Waals surface area (Å²) in [6.45, 7) is 7.22. The van der Waals surface area contributed by atoms with Crippen LogP contribution in [0.15, 0.2) is 16.6 Å². The normalized spacial score (nSPS) is 11.6. The minimum atomic E-state index is -3.32. The molecule has 19 heavy (non-hydrogen) atoms. The van der Waals surface area contributed by atoms with Gasteiger partial charge in [0.05, 0.1) is 11.4 Å². The van der Waals surface area contributed by atoms with Gasteiger partial charge in [-0.2, -0.15) is 0 Å². The summed E-state index contributed by atoms with van der Waals surface area (Å²) in [6.07, 6.45) is 0.996. The zero-order valence-electron chi connectivity index (χ0n) is 11.6. The van der Waals surface area contributed by atoms with Crippen LogP contribution in [0.1, 0.15) is 24.5 Å². The van der Waals surface area contributed by atoms with Crippen molar-refractivity contribution in [2.75, 3.05) is 23.6 Å². The molecular weight excluding hydrogens is 328 g/mol. The fourth-order valence-corrected chi connectivity index (χ4v) is 3.76. The Balaban J connectivity index is 2.73. The predicted octanol–water partition coefficient (Wildman–Crippen LogP) is 2.81. The van der Waals surface area contributed by atoms with Gasteiger partial charge in [0.25, 0.3) is 0 Å². The van der Waals surface area contributed by atoms with Crippen LogP contribution in [0, 0.1) is 13.8 Å². The van der Waals surface area contributed by atoms with E-state index in [0.29, 0.717) is 12.2 Å². The van der Waals surface area contributed by atoms with Crippen molar-refractivity contribution in [3.63, 3.8) is 0 Å². The summed E-state index contributed by atoms with van der Waals surface area (Å²) in [5.41, 5.74) is 2.63. The molecule has 4 nitrogen and oxygen atoms in total. The zero-order valence-corrected chi connectivity index (χ0v) is 14.0. The molecule has 0 heterocycles. The van der Waals surface area contributed by atoms with E-state index in [2.05, 4.69) is 26.0 Å². The molecule has 0 fully saturated rings. The molecule has 0 unspecified atom stereocenters. The smallest absolute Gasteiger partial charge is 0.234 e. The molecule has 0 radical (unpaired) electrons. The van der Waals surface area contributed by atoms with Crippen LogP contribution in [-0.4, -0.2) is 27.3 Å². The van der Waals surface area contributed by atoms with E-state index in [9.17, 15) is 8.42 Å². The third kappa shape index (κ3) is 5.50. The lowest BCUT2D eigenvalue weighted by molar-refractivity contribution is 0.595. The van der Waals surface area contributed by atoms with E-state index in [1.54, 1.807) is 0 Å². The van der Waals surface area contributed by atoms with Gasteiger partial charge in [0.1, 0.15) is 0 Å². The maximum absolute atomic E-state index is 12.0. The van der Waals surface area contributed by atoms with Gasteiger partial charge in [0.2, 0.25) is 10.0 Å². The van der Waals surface area contributed by atoms with Gasteiger partial charge in [-0.3, -0.25) is 4.72 Å². The molecule has 0 amide bonds. The molecule has 0 aliphatic heterocycles. The number of rotatable bonds is 7. The van der Waals surface area contributed by atoms with Gasteiger partial charge in [-0.05, 0) is 59.9 Å². The van der Waals surface area contributed by atoms with Crippen LogP contribution in [-0.2, 0) is 10.0 Å². The Morgan fingerprint density at radius 3 is 2.47 bits per heavy atom. The quantitative estimate of drug-likeness (QED) is 0.745. The third-order valence-electron chi connectivity index (χ3n) is 2.66. The van der Waals surface area contributed by atoms with Crippen molar-refractivity contribution in [1.82, 2.24) is 5.32 Å². The Morgan fingerprint density at radius 1 is 1.21 bits per heavy atom. The molecule has 0 atom stereocenters. The fraction of sp³-hybridized carbons (Fsp3) is 0.538. The van der Waals surface area contributed by atoms with E-state index in [-0.39, 0.29) is 5.75 Å². The van der Waals surface area contributed by atoms with Crippen molar-refractivity contribution in [2.24, 2.45) is 0 Å². The van der Waals surface area contributed by atoms with Crippen LogP contribution in [0.25, 0.3) is 0 Å². The van der Waals surface area contributed by atoms with Crippen LogP contribution in [0.4, 0.5) is 5.69 Å². The van der Waals surface area contributed by atoms with E-state index in [1.807, 2.05) is 32.9 Å². The Labute approximate surface area is 124 Å². The first-order chi connectivity index (χ1) is 8.85. The number of benzene rings is 1. The number of anilines is 1. The number of sulfonamides is 1.